The second-order valence-corrected chi connectivity index (χ2v) is 6.38. The number of hydrogen-bond donors (Lipinski definition) is 0. The zero-order valence-corrected chi connectivity index (χ0v) is 13.6. The van der Waals surface area contributed by atoms with E-state index < -0.39 is 0 Å². The maximum Gasteiger partial charge on any atom is 0.193 e. The van der Waals surface area contributed by atoms with Crippen LogP contribution in [0, 0.1) is 0 Å². The largest absolute Gasteiger partial charge is 0.289 e. The first-order valence-electron chi connectivity index (χ1n) is 6.13. The lowest BCUT2D eigenvalue weighted by molar-refractivity contribution is 0.103. The van der Waals surface area contributed by atoms with Crippen LogP contribution in [-0.2, 0) is 0 Å². The zero-order valence-electron chi connectivity index (χ0n) is 10.4. The molecule has 0 radical (unpaired) electrons. The minimum atomic E-state index is 0.0257. The molecule has 0 N–H and O–H groups in total. The van der Waals surface area contributed by atoms with E-state index in [1.807, 2.05) is 60.7 Å². The molecule has 3 aromatic rings. The van der Waals surface area contributed by atoms with Crippen molar-refractivity contribution in [1.82, 2.24) is 0 Å². The molecule has 0 heterocycles. The van der Waals surface area contributed by atoms with E-state index in [2.05, 4.69) is 31.9 Å². The van der Waals surface area contributed by atoms with Gasteiger partial charge in [-0.25, -0.2) is 0 Å². The summed E-state index contributed by atoms with van der Waals surface area (Å²) in [4.78, 5) is 12.6. The van der Waals surface area contributed by atoms with E-state index >= 15 is 0 Å². The van der Waals surface area contributed by atoms with Gasteiger partial charge in [-0.2, -0.15) is 0 Å². The van der Waals surface area contributed by atoms with E-state index in [4.69, 9.17) is 0 Å². The number of carbonyl (C=O) groups excluding carboxylic acids is 1. The van der Waals surface area contributed by atoms with Crippen LogP contribution in [0.2, 0.25) is 0 Å². The summed E-state index contributed by atoms with van der Waals surface area (Å²) >= 11 is 6.82. The second-order valence-electron chi connectivity index (χ2n) is 4.55. The molecule has 0 saturated heterocycles. The van der Waals surface area contributed by atoms with Crippen molar-refractivity contribution >= 4 is 48.4 Å². The van der Waals surface area contributed by atoms with Crippen molar-refractivity contribution in [3.05, 3.63) is 80.7 Å². The maximum absolute atomic E-state index is 12.6. The van der Waals surface area contributed by atoms with Gasteiger partial charge in [0.2, 0.25) is 0 Å². The van der Waals surface area contributed by atoms with Crippen LogP contribution < -0.4 is 0 Å². The monoisotopic (exact) mass is 388 g/mol. The Labute approximate surface area is 133 Å². The lowest BCUT2D eigenvalue weighted by Crippen LogP contribution is -2.01. The molecule has 3 rings (SSSR count). The van der Waals surface area contributed by atoms with Crippen LogP contribution in [0.5, 0.6) is 0 Å². The van der Waals surface area contributed by atoms with Gasteiger partial charge in [0.05, 0.1) is 0 Å². The third-order valence-corrected chi connectivity index (χ3v) is 4.05. The molecular formula is C17H10Br2O. The Hall–Kier alpha value is -1.45. The van der Waals surface area contributed by atoms with E-state index in [0.717, 1.165) is 19.7 Å². The van der Waals surface area contributed by atoms with Gasteiger partial charge >= 0.3 is 0 Å². The number of rotatable bonds is 2. The van der Waals surface area contributed by atoms with E-state index in [9.17, 15) is 4.79 Å². The highest BCUT2D eigenvalue weighted by Gasteiger charge is 2.11. The molecule has 0 saturated carbocycles. The van der Waals surface area contributed by atoms with Crippen LogP contribution in [0.15, 0.2) is 69.6 Å². The van der Waals surface area contributed by atoms with Crippen molar-refractivity contribution in [2.45, 2.75) is 0 Å². The lowest BCUT2D eigenvalue weighted by Gasteiger charge is -2.05. The quantitative estimate of drug-likeness (QED) is 0.521. The van der Waals surface area contributed by atoms with Crippen LogP contribution in [-0.4, -0.2) is 5.78 Å². The Morgan fingerprint density at radius 2 is 1.35 bits per heavy atom. The van der Waals surface area contributed by atoms with Crippen LogP contribution in [0.4, 0.5) is 0 Å². The summed E-state index contributed by atoms with van der Waals surface area (Å²) in [5.74, 6) is 0.0257. The summed E-state index contributed by atoms with van der Waals surface area (Å²) < 4.78 is 1.77. The highest BCUT2D eigenvalue weighted by molar-refractivity contribution is 9.11. The van der Waals surface area contributed by atoms with E-state index in [1.165, 1.54) is 0 Å². The third kappa shape index (κ3) is 2.69. The molecule has 0 atom stereocenters. The van der Waals surface area contributed by atoms with Gasteiger partial charge < -0.3 is 0 Å². The molecule has 20 heavy (non-hydrogen) atoms. The fourth-order valence-corrected chi connectivity index (χ4v) is 3.48. The molecule has 0 aliphatic rings. The maximum atomic E-state index is 12.6. The van der Waals surface area contributed by atoms with E-state index in [1.54, 1.807) is 0 Å². The molecule has 3 aromatic carbocycles. The number of fused-ring (bicyclic) bond motifs is 1. The minimum absolute atomic E-state index is 0.0257. The zero-order chi connectivity index (χ0) is 14.1. The SMILES string of the molecule is O=C(c1cc(Br)cc(Br)c1)c1ccc2ccccc2c1. The average Bonchev–Trinajstić information content (AvgIpc) is 2.45. The molecular weight excluding hydrogens is 380 g/mol. The van der Waals surface area contributed by atoms with E-state index in [-0.39, 0.29) is 5.78 Å². The van der Waals surface area contributed by atoms with Crippen molar-refractivity contribution in [2.75, 3.05) is 0 Å². The summed E-state index contributed by atoms with van der Waals surface area (Å²) in [6.07, 6.45) is 0. The summed E-state index contributed by atoms with van der Waals surface area (Å²) in [5, 5.41) is 2.21. The Balaban J connectivity index is 2.07. The molecule has 98 valence electrons. The van der Waals surface area contributed by atoms with Crippen LogP contribution in [0.1, 0.15) is 15.9 Å². The van der Waals surface area contributed by atoms with Crippen LogP contribution >= 0.6 is 31.9 Å². The molecule has 0 amide bonds. The third-order valence-electron chi connectivity index (χ3n) is 3.14. The van der Waals surface area contributed by atoms with Crippen molar-refractivity contribution in [3.63, 3.8) is 0 Å². The Morgan fingerprint density at radius 3 is 2.05 bits per heavy atom. The standard InChI is InChI=1S/C17H10Br2O/c18-15-8-14(9-16(19)10-15)17(20)13-6-5-11-3-1-2-4-12(11)7-13/h1-10H. The van der Waals surface area contributed by atoms with Crippen molar-refractivity contribution in [3.8, 4) is 0 Å². The molecule has 0 unspecified atom stereocenters. The molecule has 0 aliphatic carbocycles. The van der Waals surface area contributed by atoms with Gasteiger partial charge in [-0.1, -0.05) is 68.3 Å². The second kappa shape index (κ2) is 5.51. The number of hydrogen-bond acceptors (Lipinski definition) is 1. The fraction of sp³-hybridized carbons (Fsp3) is 0. The molecule has 1 nitrogen and oxygen atoms in total. The number of ketones is 1. The Kier molecular flexibility index (Phi) is 3.72. The molecule has 3 heteroatoms. The highest BCUT2D eigenvalue weighted by atomic mass is 79.9. The smallest absolute Gasteiger partial charge is 0.193 e. The van der Waals surface area contributed by atoms with Gasteiger partial charge in [0.25, 0.3) is 0 Å². The van der Waals surface area contributed by atoms with Gasteiger partial charge in [0, 0.05) is 20.1 Å². The topological polar surface area (TPSA) is 17.1 Å². The average molecular weight is 390 g/mol. The number of benzene rings is 3. The highest BCUT2D eigenvalue weighted by Crippen LogP contribution is 2.23. The van der Waals surface area contributed by atoms with Crippen LogP contribution in [0.25, 0.3) is 10.8 Å². The van der Waals surface area contributed by atoms with Gasteiger partial charge in [0.1, 0.15) is 0 Å². The Bertz CT molecular complexity index is 789. The first-order valence-corrected chi connectivity index (χ1v) is 7.72. The molecule has 0 spiro atoms. The predicted molar refractivity (Wildman–Crippen MR) is 89.2 cm³/mol. The normalized spacial score (nSPS) is 10.7. The fourth-order valence-electron chi connectivity index (χ4n) is 2.18. The first-order chi connectivity index (χ1) is 9.63. The molecule has 0 aromatic heterocycles. The van der Waals surface area contributed by atoms with Gasteiger partial charge in [-0.15, -0.1) is 0 Å². The van der Waals surface area contributed by atoms with Crippen molar-refractivity contribution < 1.29 is 4.79 Å². The first kappa shape index (κ1) is 13.5. The minimum Gasteiger partial charge on any atom is -0.289 e. The predicted octanol–water partition coefficient (Wildman–Crippen LogP) is 5.60. The summed E-state index contributed by atoms with van der Waals surface area (Å²) in [6, 6.07) is 19.4. The van der Waals surface area contributed by atoms with Gasteiger partial charge in [-0.05, 0) is 35.0 Å². The van der Waals surface area contributed by atoms with Crippen LogP contribution in [0.3, 0.4) is 0 Å². The van der Waals surface area contributed by atoms with Crippen molar-refractivity contribution in [1.29, 1.82) is 0 Å². The summed E-state index contributed by atoms with van der Waals surface area (Å²) in [5.41, 5.74) is 1.37. The lowest BCUT2D eigenvalue weighted by atomic mass is 10.00. The van der Waals surface area contributed by atoms with E-state index in [0.29, 0.717) is 11.1 Å². The Morgan fingerprint density at radius 1 is 0.700 bits per heavy atom. The summed E-state index contributed by atoms with van der Waals surface area (Å²) in [7, 11) is 0. The van der Waals surface area contributed by atoms with Gasteiger partial charge in [0.15, 0.2) is 5.78 Å². The number of halogens is 2. The molecule has 0 aliphatic heterocycles. The summed E-state index contributed by atoms with van der Waals surface area (Å²) in [6.45, 7) is 0. The molecule has 0 fully saturated rings. The van der Waals surface area contributed by atoms with Crippen molar-refractivity contribution in [2.24, 2.45) is 0 Å². The molecule has 0 bridgehead atoms. The van der Waals surface area contributed by atoms with Gasteiger partial charge in [-0.3, -0.25) is 4.79 Å². The number of carbonyl (C=O) groups is 1.